The third-order valence-electron chi connectivity index (χ3n) is 4.57. The van der Waals surface area contributed by atoms with Gasteiger partial charge in [-0.2, -0.15) is 0 Å². The predicted octanol–water partition coefficient (Wildman–Crippen LogP) is 1.19. The van der Waals surface area contributed by atoms with Crippen LogP contribution in [-0.4, -0.2) is 41.2 Å². The van der Waals surface area contributed by atoms with Crippen LogP contribution in [0.4, 0.5) is 17.1 Å². The molecule has 0 spiro atoms. The number of sulfonamides is 1. The van der Waals surface area contributed by atoms with Crippen LogP contribution in [0, 0.1) is 10.1 Å². The Balaban J connectivity index is 1.88. The van der Waals surface area contributed by atoms with Gasteiger partial charge in [-0.15, -0.1) is 0 Å². The first-order valence-electron chi connectivity index (χ1n) is 8.66. The molecule has 0 aliphatic carbocycles. The topological polar surface area (TPSA) is 137 Å². The number of aromatic nitrogens is 2. The van der Waals surface area contributed by atoms with Gasteiger partial charge in [0.2, 0.25) is 15.9 Å². The Morgan fingerprint density at radius 2 is 1.80 bits per heavy atom. The number of amides is 1. The second-order valence-electron chi connectivity index (χ2n) is 6.70. The molecule has 1 amide bonds. The molecule has 0 radical (unpaired) electrons. The highest BCUT2D eigenvalue weighted by molar-refractivity contribution is 7.92. The van der Waals surface area contributed by atoms with Crippen LogP contribution in [0.1, 0.15) is 0 Å². The summed E-state index contributed by atoms with van der Waals surface area (Å²) in [6.45, 7) is -0.578. The smallest absolute Gasteiger partial charge is 0.324 e. The van der Waals surface area contributed by atoms with Crippen LogP contribution in [0.5, 0.6) is 0 Å². The zero-order valence-corrected chi connectivity index (χ0v) is 17.2. The molecule has 0 bridgehead atoms. The van der Waals surface area contributed by atoms with E-state index in [0.29, 0.717) is 16.7 Å². The van der Waals surface area contributed by atoms with Crippen LogP contribution in [0.15, 0.2) is 47.3 Å². The summed E-state index contributed by atoms with van der Waals surface area (Å²) in [4.78, 5) is 34.9. The first kappa shape index (κ1) is 21.0. The highest BCUT2D eigenvalue weighted by Gasteiger charge is 2.23. The fraction of sp³-hybridized carbons (Fsp3) is 0.222. The number of benzene rings is 2. The SMILES string of the molecule is Cn1c(=O)n(C)c2cc(NC(=O)CN(c3cccc([N+](=O)[O-])c3)S(C)(=O)=O)ccc21. The van der Waals surface area contributed by atoms with E-state index < -0.39 is 27.4 Å². The lowest BCUT2D eigenvalue weighted by molar-refractivity contribution is -0.384. The summed E-state index contributed by atoms with van der Waals surface area (Å²) in [5.41, 5.74) is 1.14. The van der Waals surface area contributed by atoms with Crippen LogP contribution in [0.2, 0.25) is 0 Å². The number of hydrogen-bond donors (Lipinski definition) is 1. The number of anilines is 2. The van der Waals surface area contributed by atoms with Crippen molar-refractivity contribution < 1.29 is 18.1 Å². The average Bonchev–Trinajstić information content (AvgIpc) is 2.89. The predicted molar refractivity (Wildman–Crippen MR) is 112 cm³/mol. The van der Waals surface area contributed by atoms with E-state index in [9.17, 15) is 28.1 Å². The Labute approximate surface area is 171 Å². The van der Waals surface area contributed by atoms with Gasteiger partial charge in [0.05, 0.1) is 27.9 Å². The summed E-state index contributed by atoms with van der Waals surface area (Å²) in [7, 11) is -0.658. The summed E-state index contributed by atoms with van der Waals surface area (Å²) in [6, 6.07) is 9.88. The lowest BCUT2D eigenvalue weighted by atomic mass is 10.2. The largest absolute Gasteiger partial charge is 0.328 e. The van der Waals surface area contributed by atoms with Crippen molar-refractivity contribution in [2.24, 2.45) is 14.1 Å². The highest BCUT2D eigenvalue weighted by atomic mass is 32.2. The van der Waals surface area contributed by atoms with Crippen molar-refractivity contribution in [1.29, 1.82) is 0 Å². The molecule has 3 aromatic rings. The number of hydrogen-bond acceptors (Lipinski definition) is 6. The standard InChI is InChI=1S/C18H19N5O6S/c1-20-15-8-7-12(9-16(15)21(2)18(20)25)19-17(24)11-22(30(3,28)29)13-5-4-6-14(10-13)23(26)27/h4-10H,11H2,1-3H3,(H,19,24). The third-order valence-corrected chi connectivity index (χ3v) is 5.71. The van der Waals surface area contributed by atoms with Crippen molar-refractivity contribution in [1.82, 2.24) is 9.13 Å². The molecule has 0 atom stereocenters. The minimum Gasteiger partial charge on any atom is -0.324 e. The summed E-state index contributed by atoms with van der Waals surface area (Å²) in [5.74, 6) is -0.646. The normalized spacial score (nSPS) is 11.4. The van der Waals surface area contributed by atoms with E-state index in [4.69, 9.17) is 0 Å². The minimum atomic E-state index is -3.89. The molecule has 12 heteroatoms. The van der Waals surface area contributed by atoms with Crippen molar-refractivity contribution in [2.75, 3.05) is 22.4 Å². The molecule has 0 saturated carbocycles. The Kier molecular flexibility index (Phi) is 5.35. The lowest BCUT2D eigenvalue weighted by Gasteiger charge is -2.21. The van der Waals surface area contributed by atoms with Crippen molar-refractivity contribution >= 4 is 44.0 Å². The maximum Gasteiger partial charge on any atom is 0.328 e. The van der Waals surface area contributed by atoms with E-state index in [1.807, 2.05) is 0 Å². The molecule has 158 valence electrons. The first-order chi connectivity index (χ1) is 14.0. The first-order valence-corrected chi connectivity index (χ1v) is 10.5. The Morgan fingerprint density at radius 3 is 2.43 bits per heavy atom. The third kappa shape index (κ3) is 4.03. The second kappa shape index (κ2) is 7.63. The number of nitrogens with zero attached hydrogens (tertiary/aromatic N) is 4. The average molecular weight is 433 g/mol. The number of imidazole rings is 1. The monoisotopic (exact) mass is 433 g/mol. The summed E-state index contributed by atoms with van der Waals surface area (Å²) >= 11 is 0. The molecule has 0 aliphatic heterocycles. The molecular formula is C18H19N5O6S. The van der Waals surface area contributed by atoms with Gasteiger partial charge in [0.15, 0.2) is 0 Å². The molecular weight excluding hydrogens is 414 g/mol. The van der Waals surface area contributed by atoms with Crippen molar-refractivity contribution in [3.63, 3.8) is 0 Å². The number of non-ortho nitro benzene ring substituents is 1. The van der Waals surface area contributed by atoms with E-state index in [2.05, 4.69) is 5.32 Å². The van der Waals surface area contributed by atoms with Crippen LogP contribution >= 0.6 is 0 Å². The van der Waals surface area contributed by atoms with Crippen LogP contribution in [0.25, 0.3) is 11.0 Å². The number of nitrogens with one attached hydrogen (secondary N) is 1. The number of rotatable bonds is 6. The van der Waals surface area contributed by atoms with E-state index in [1.165, 1.54) is 27.3 Å². The molecule has 1 aromatic heterocycles. The summed E-state index contributed by atoms with van der Waals surface area (Å²) in [5, 5.41) is 13.6. The molecule has 11 nitrogen and oxygen atoms in total. The van der Waals surface area contributed by atoms with Gasteiger partial charge in [-0.1, -0.05) is 6.07 Å². The quantitative estimate of drug-likeness (QED) is 0.458. The summed E-state index contributed by atoms with van der Waals surface area (Å²) < 4.78 is 28.1. The second-order valence-corrected chi connectivity index (χ2v) is 8.61. The number of fused-ring (bicyclic) bond motifs is 1. The fourth-order valence-electron chi connectivity index (χ4n) is 3.08. The van der Waals surface area contributed by atoms with Gasteiger partial charge < -0.3 is 5.32 Å². The van der Waals surface area contributed by atoms with E-state index in [-0.39, 0.29) is 17.1 Å². The van der Waals surface area contributed by atoms with Gasteiger partial charge in [0.1, 0.15) is 6.54 Å². The molecule has 0 fully saturated rings. The number of carbonyl (C=O) groups is 1. The van der Waals surface area contributed by atoms with Gasteiger partial charge in [-0.3, -0.25) is 28.3 Å². The highest BCUT2D eigenvalue weighted by Crippen LogP contribution is 2.23. The molecule has 3 rings (SSSR count). The number of nitro benzene ring substituents is 1. The van der Waals surface area contributed by atoms with Crippen molar-refractivity contribution in [2.45, 2.75) is 0 Å². The van der Waals surface area contributed by atoms with Gasteiger partial charge in [-0.05, 0) is 24.3 Å². The zero-order chi connectivity index (χ0) is 22.2. The minimum absolute atomic E-state index is 0.00255. The molecule has 0 saturated heterocycles. The molecule has 1 heterocycles. The molecule has 30 heavy (non-hydrogen) atoms. The maximum absolute atomic E-state index is 12.5. The van der Waals surface area contributed by atoms with Gasteiger partial charge in [0, 0.05) is 31.9 Å². The Bertz CT molecular complexity index is 1320. The maximum atomic E-state index is 12.5. The van der Waals surface area contributed by atoms with Crippen molar-refractivity contribution in [3.05, 3.63) is 63.1 Å². The van der Waals surface area contributed by atoms with Crippen LogP contribution in [0.3, 0.4) is 0 Å². The Hall–Kier alpha value is -3.67. The van der Waals surface area contributed by atoms with Gasteiger partial charge in [-0.25, -0.2) is 13.2 Å². The van der Waals surface area contributed by atoms with Crippen LogP contribution < -0.4 is 15.3 Å². The van der Waals surface area contributed by atoms with E-state index in [0.717, 1.165) is 16.6 Å². The fourth-order valence-corrected chi connectivity index (χ4v) is 3.93. The molecule has 2 aromatic carbocycles. The lowest BCUT2D eigenvalue weighted by Crippen LogP contribution is -2.37. The summed E-state index contributed by atoms with van der Waals surface area (Å²) in [6.07, 6.45) is 0.908. The zero-order valence-electron chi connectivity index (χ0n) is 16.4. The number of aryl methyl sites for hydroxylation is 2. The van der Waals surface area contributed by atoms with Gasteiger partial charge >= 0.3 is 5.69 Å². The van der Waals surface area contributed by atoms with Crippen LogP contribution in [-0.2, 0) is 28.9 Å². The molecule has 1 N–H and O–H groups in total. The van der Waals surface area contributed by atoms with Crippen molar-refractivity contribution in [3.8, 4) is 0 Å². The molecule has 0 unspecified atom stereocenters. The molecule has 0 aliphatic rings. The van der Waals surface area contributed by atoms with Gasteiger partial charge in [0.25, 0.3) is 5.69 Å². The Morgan fingerprint density at radius 1 is 1.13 bits per heavy atom. The van der Waals surface area contributed by atoms with E-state index in [1.54, 1.807) is 32.3 Å². The number of nitro groups is 1. The van der Waals surface area contributed by atoms with E-state index >= 15 is 0 Å². The number of carbonyl (C=O) groups excluding carboxylic acids is 1.